The maximum absolute atomic E-state index is 15.0. The monoisotopic (exact) mass is 645 g/mol. The molecule has 4 aliphatic carbocycles. The maximum Gasteiger partial charge on any atom is 0.233 e. The van der Waals surface area contributed by atoms with Gasteiger partial charge in [0.25, 0.3) is 0 Å². The number of phenols is 1. The van der Waals surface area contributed by atoms with E-state index in [1.807, 2.05) is 66.7 Å². The summed E-state index contributed by atoms with van der Waals surface area (Å²) in [4.78, 5) is 60.0. The van der Waals surface area contributed by atoms with Crippen LogP contribution in [0.3, 0.4) is 0 Å². The Morgan fingerprint density at radius 1 is 0.809 bits per heavy atom. The molecule has 2 saturated carbocycles. The number of imide groups is 1. The van der Waals surface area contributed by atoms with Crippen LogP contribution in [-0.2, 0) is 24.6 Å². The maximum atomic E-state index is 15.0. The van der Waals surface area contributed by atoms with Crippen molar-refractivity contribution in [2.24, 2.45) is 23.7 Å². The van der Waals surface area contributed by atoms with Crippen LogP contribution in [0.15, 0.2) is 96.6 Å². The molecule has 3 aromatic rings. The molecule has 1 saturated heterocycles. The molecule has 47 heavy (non-hydrogen) atoms. The van der Waals surface area contributed by atoms with Crippen molar-refractivity contribution >= 4 is 40.6 Å². The third-order valence-corrected chi connectivity index (χ3v) is 11.9. The fraction of sp³-hybridized carbons (Fsp3) is 0.350. The fourth-order valence-corrected chi connectivity index (χ4v) is 9.88. The summed E-state index contributed by atoms with van der Waals surface area (Å²) < 4.78 is 0. The van der Waals surface area contributed by atoms with E-state index in [0.717, 1.165) is 37.7 Å². The number of amides is 2. The van der Waals surface area contributed by atoms with Crippen molar-refractivity contribution in [2.45, 2.75) is 62.3 Å². The van der Waals surface area contributed by atoms with Crippen LogP contribution >= 0.6 is 11.6 Å². The van der Waals surface area contributed by atoms with E-state index in [1.54, 1.807) is 17.0 Å². The van der Waals surface area contributed by atoms with E-state index < -0.39 is 35.0 Å². The number of nitrogens with zero attached hydrogens (tertiary/aromatic N) is 1. The van der Waals surface area contributed by atoms with Crippen molar-refractivity contribution in [1.82, 2.24) is 4.90 Å². The molecule has 6 atom stereocenters. The molecular formula is C40H36ClNO5. The zero-order chi connectivity index (χ0) is 32.4. The second kappa shape index (κ2) is 11.4. The van der Waals surface area contributed by atoms with Gasteiger partial charge in [0.2, 0.25) is 11.8 Å². The molecular weight excluding hydrogens is 610 g/mol. The van der Waals surface area contributed by atoms with Crippen molar-refractivity contribution in [3.8, 4) is 5.75 Å². The number of ketones is 2. The summed E-state index contributed by atoms with van der Waals surface area (Å²) in [6.45, 7) is 0. The Bertz CT molecular complexity index is 1860. The van der Waals surface area contributed by atoms with Gasteiger partial charge >= 0.3 is 0 Å². The Hall–Kier alpha value is -4.29. The molecule has 0 bridgehead atoms. The molecule has 0 unspecified atom stereocenters. The summed E-state index contributed by atoms with van der Waals surface area (Å²) in [6.07, 6.45) is 8.85. The lowest BCUT2D eigenvalue weighted by Crippen LogP contribution is -2.58. The zero-order valence-corrected chi connectivity index (χ0v) is 26.7. The SMILES string of the molecule is O=C1C(c2ccccc2)=CC(=O)[C@@]2(c3ccccc3)[C@@H](c3cc(Cl)ccc3O)C3=CC[C@@H]4C(=O)N(C5CCCCC5)C(=O)[C@@H]4[C@@H]3C[C@@H]12. The Balaban J connectivity index is 1.36. The minimum Gasteiger partial charge on any atom is -0.508 e. The summed E-state index contributed by atoms with van der Waals surface area (Å²) in [6, 6.07) is 23.3. The van der Waals surface area contributed by atoms with Gasteiger partial charge in [0.15, 0.2) is 11.6 Å². The number of hydrogen-bond acceptors (Lipinski definition) is 5. The van der Waals surface area contributed by atoms with Crippen LogP contribution in [0, 0.1) is 23.7 Å². The van der Waals surface area contributed by atoms with Gasteiger partial charge in [-0.2, -0.15) is 0 Å². The smallest absolute Gasteiger partial charge is 0.233 e. The van der Waals surface area contributed by atoms with Crippen molar-refractivity contribution in [2.75, 3.05) is 0 Å². The molecule has 0 radical (unpaired) electrons. The van der Waals surface area contributed by atoms with Gasteiger partial charge in [0.05, 0.1) is 17.3 Å². The number of phenolic OH excluding ortho intramolecular Hbond substituents is 1. The molecule has 1 N–H and O–H groups in total. The molecule has 1 aliphatic heterocycles. The minimum absolute atomic E-state index is 0.0344. The quantitative estimate of drug-likeness (QED) is 0.239. The number of likely N-dealkylation sites (tertiary alicyclic amines) is 1. The highest BCUT2D eigenvalue weighted by atomic mass is 35.5. The Labute approximate surface area is 279 Å². The van der Waals surface area contributed by atoms with Crippen molar-refractivity contribution in [3.63, 3.8) is 0 Å². The first kappa shape index (κ1) is 30.1. The highest BCUT2D eigenvalue weighted by molar-refractivity contribution is 6.32. The number of Topliss-reactive ketones (excluding diaryl/α,β-unsaturated/α-hetero) is 1. The number of carbonyl (C=O) groups is 4. The van der Waals surface area contributed by atoms with Crippen LogP contribution in [0.5, 0.6) is 5.75 Å². The van der Waals surface area contributed by atoms with Crippen LogP contribution in [0.4, 0.5) is 0 Å². The van der Waals surface area contributed by atoms with Gasteiger partial charge in [-0.1, -0.05) is 103 Å². The van der Waals surface area contributed by atoms with Gasteiger partial charge < -0.3 is 5.11 Å². The third kappa shape index (κ3) is 4.44. The highest BCUT2D eigenvalue weighted by Gasteiger charge is 2.66. The molecule has 3 fully saturated rings. The summed E-state index contributed by atoms with van der Waals surface area (Å²) in [5.74, 6) is -3.94. The number of halogens is 1. The zero-order valence-electron chi connectivity index (χ0n) is 26.0. The largest absolute Gasteiger partial charge is 0.508 e. The summed E-state index contributed by atoms with van der Waals surface area (Å²) >= 11 is 6.58. The molecule has 0 aromatic heterocycles. The lowest BCUT2D eigenvalue weighted by molar-refractivity contribution is -0.144. The van der Waals surface area contributed by atoms with E-state index in [1.165, 1.54) is 12.1 Å². The second-order valence-electron chi connectivity index (χ2n) is 13.8. The predicted octanol–water partition coefficient (Wildman–Crippen LogP) is 7.20. The number of rotatable bonds is 4. The lowest BCUT2D eigenvalue weighted by Gasteiger charge is -2.55. The molecule has 8 rings (SSSR count). The van der Waals surface area contributed by atoms with E-state index in [4.69, 9.17) is 11.6 Å². The standard InChI is InChI=1S/C40H36ClNO5/c41-25-16-19-33(43)31(20-25)36-27-17-18-28-35(39(47)42(38(28)46)26-14-8-3-9-15-26)30(27)21-32-37(45)29(23-10-4-1-5-11-23)22-34(44)40(32,36)24-12-6-2-7-13-24/h1-2,4-7,10-13,16-17,19-20,22,26,28,30,32,35-36,43H,3,8-9,14-15,18,21H2/t28-,30+,32-,35-,36+,40-/m0/s1. The van der Waals surface area contributed by atoms with Gasteiger partial charge in [-0.25, -0.2) is 0 Å². The number of allylic oxidation sites excluding steroid dienone is 4. The first-order valence-electron chi connectivity index (χ1n) is 16.8. The molecule has 3 aromatic carbocycles. The van der Waals surface area contributed by atoms with Crippen molar-refractivity contribution < 1.29 is 24.3 Å². The van der Waals surface area contributed by atoms with Crippen molar-refractivity contribution in [1.29, 1.82) is 0 Å². The first-order chi connectivity index (χ1) is 22.8. The van der Waals surface area contributed by atoms with Gasteiger partial charge in [-0.15, -0.1) is 0 Å². The Kier molecular flexibility index (Phi) is 7.32. The first-order valence-corrected chi connectivity index (χ1v) is 17.2. The molecule has 1 heterocycles. The van der Waals surface area contributed by atoms with E-state index in [2.05, 4.69) is 0 Å². The van der Waals surface area contributed by atoms with Crippen molar-refractivity contribution in [3.05, 3.63) is 118 Å². The molecule has 0 spiro atoms. The van der Waals surface area contributed by atoms with Crippen LogP contribution in [0.1, 0.15) is 67.6 Å². The number of benzene rings is 3. The lowest BCUT2D eigenvalue weighted by atomic mass is 9.44. The number of carbonyl (C=O) groups excluding carboxylic acids is 4. The summed E-state index contributed by atoms with van der Waals surface area (Å²) in [5.41, 5.74) is 1.55. The topological polar surface area (TPSA) is 91.8 Å². The van der Waals surface area contributed by atoms with Crippen LogP contribution in [0.25, 0.3) is 5.57 Å². The highest BCUT2D eigenvalue weighted by Crippen LogP contribution is 2.64. The van der Waals surface area contributed by atoms with E-state index in [9.17, 15) is 19.5 Å². The summed E-state index contributed by atoms with van der Waals surface area (Å²) in [5, 5.41) is 11.9. The van der Waals surface area contributed by atoms with E-state index in [-0.39, 0.29) is 41.6 Å². The molecule has 7 heteroatoms. The second-order valence-corrected chi connectivity index (χ2v) is 14.3. The van der Waals surface area contributed by atoms with Crippen LogP contribution < -0.4 is 0 Å². The van der Waals surface area contributed by atoms with E-state index in [0.29, 0.717) is 33.7 Å². The molecule has 6 nitrogen and oxygen atoms in total. The van der Waals surface area contributed by atoms with Crippen LogP contribution in [0.2, 0.25) is 5.02 Å². The average Bonchev–Trinajstić information content (AvgIpc) is 3.36. The van der Waals surface area contributed by atoms with Crippen LogP contribution in [-0.4, -0.2) is 39.4 Å². The average molecular weight is 646 g/mol. The minimum atomic E-state index is -1.40. The Morgan fingerprint density at radius 3 is 2.23 bits per heavy atom. The van der Waals surface area contributed by atoms with Gasteiger partial charge in [0.1, 0.15) is 5.75 Å². The summed E-state index contributed by atoms with van der Waals surface area (Å²) in [7, 11) is 0. The number of fused-ring (bicyclic) bond motifs is 4. The molecule has 238 valence electrons. The van der Waals surface area contributed by atoms with Gasteiger partial charge in [0, 0.05) is 34.0 Å². The van der Waals surface area contributed by atoms with Gasteiger partial charge in [-0.3, -0.25) is 24.1 Å². The number of hydrogen-bond donors (Lipinski definition) is 1. The fourth-order valence-electron chi connectivity index (χ4n) is 9.70. The Morgan fingerprint density at radius 2 is 1.51 bits per heavy atom. The number of aromatic hydroxyl groups is 1. The molecule has 2 amide bonds. The normalized spacial score (nSPS) is 30.7. The molecule has 5 aliphatic rings. The van der Waals surface area contributed by atoms with E-state index >= 15 is 4.79 Å². The predicted molar refractivity (Wildman–Crippen MR) is 178 cm³/mol. The van der Waals surface area contributed by atoms with Gasteiger partial charge in [-0.05, 0) is 67.0 Å². The third-order valence-electron chi connectivity index (χ3n) is 11.6.